The van der Waals surface area contributed by atoms with E-state index in [0.717, 1.165) is 26.9 Å². The fraction of sp³-hybridized carbons (Fsp3) is 0.222. The van der Waals surface area contributed by atoms with E-state index in [1.165, 1.54) is 11.3 Å². The summed E-state index contributed by atoms with van der Waals surface area (Å²) in [6.45, 7) is 1.56. The van der Waals surface area contributed by atoms with Crippen LogP contribution in [0.5, 0.6) is 11.5 Å². The molecule has 0 saturated heterocycles. The summed E-state index contributed by atoms with van der Waals surface area (Å²) in [6, 6.07) is 19.3. The molecule has 1 amide bonds. The van der Waals surface area contributed by atoms with Gasteiger partial charge in [-0.05, 0) is 41.5 Å². The minimum absolute atomic E-state index is 0.0179. The van der Waals surface area contributed by atoms with Gasteiger partial charge in [0.2, 0.25) is 0 Å². The summed E-state index contributed by atoms with van der Waals surface area (Å²) in [5, 5.41) is 7.63. The van der Waals surface area contributed by atoms with Crippen LogP contribution >= 0.6 is 11.3 Å². The zero-order valence-electron chi connectivity index (χ0n) is 19.7. The maximum absolute atomic E-state index is 12.4. The summed E-state index contributed by atoms with van der Waals surface area (Å²) in [4.78, 5) is 29.2. The molecule has 0 aliphatic carbocycles. The molecule has 0 fully saturated rings. The van der Waals surface area contributed by atoms with E-state index in [4.69, 9.17) is 14.2 Å². The van der Waals surface area contributed by atoms with Crippen LogP contribution in [0.3, 0.4) is 0 Å². The highest BCUT2D eigenvalue weighted by Gasteiger charge is 2.16. The van der Waals surface area contributed by atoms with Crippen molar-refractivity contribution in [2.75, 3.05) is 20.8 Å². The second-order valence-corrected chi connectivity index (χ2v) is 8.77. The SMILES string of the molecule is COc1ccc(-c2nc(CC(=O)OCC(=O)NC(C)c3cccc4ccccc34)cs2)cc1OC. The molecule has 1 atom stereocenters. The highest BCUT2D eigenvalue weighted by Crippen LogP contribution is 2.33. The highest BCUT2D eigenvalue weighted by molar-refractivity contribution is 7.13. The van der Waals surface area contributed by atoms with E-state index < -0.39 is 5.97 Å². The van der Waals surface area contributed by atoms with Crippen LogP contribution in [0.2, 0.25) is 0 Å². The van der Waals surface area contributed by atoms with Gasteiger partial charge in [0.05, 0.1) is 32.4 Å². The predicted octanol–water partition coefficient (Wildman–Crippen LogP) is 4.94. The van der Waals surface area contributed by atoms with E-state index in [2.05, 4.69) is 10.3 Å². The summed E-state index contributed by atoms with van der Waals surface area (Å²) in [6.07, 6.45) is -0.0179. The second-order valence-electron chi connectivity index (χ2n) is 7.91. The van der Waals surface area contributed by atoms with Crippen molar-refractivity contribution in [2.45, 2.75) is 19.4 Å². The Morgan fingerprint density at radius 1 is 1.00 bits per heavy atom. The second kappa shape index (κ2) is 11.0. The molecule has 0 spiro atoms. The summed E-state index contributed by atoms with van der Waals surface area (Å²) in [5.74, 6) is 0.361. The lowest BCUT2D eigenvalue weighted by Crippen LogP contribution is -2.31. The number of fused-ring (bicyclic) bond motifs is 1. The molecule has 7 nitrogen and oxygen atoms in total. The molecule has 0 saturated carbocycles. The van der Waals surface area contributed by atoms with Gasteiger partial charge in [0.15, 0.2) is 18.1 Å². The zero-order chi connectivity index (χ0) is 24.8. The van der Waals surface area contributed by atoms with Gasteiger partial charge in [0.1, 0.15) is 5.01 Å². The van der Waals surface area contributed by atoms with Crippen molar-refractivity contribution in [3.05, 3.63) is 77.3 Å². The zero-order valence-corrected chi connectivity index (χ0v) is 20.6. The van der Waals surface area contributed by atoms with Gasteiger partial charge in [-0.2, -0.15) is 0 Å². The molecule has 0 aliphatic rings. The highest BCUT2D eigenvalue weighted by atomic mass is 32.1. The molecule has 4 aromatic rings. The fourth-order valence-corrected chi connectivity index (χ4v) is 4.64. The number of carbonyl (C=O) groups excluding carboxylic acids is 2. The molecule has 0 radical (unpaired) electrons. The molecular formula is C27H26N2O5S. The Hall–Kier alpha value is -3.91. The van der Waals surface area contributed by atoms with Gasteiger partial charge in [-0.1, -0.05) is 42.5 Å². The Kier molecular flexibility index (Phi) is 7.62. The molecular weight excluding hydrogens is 464 g/mol. The Morgan fingerprint density at radius 2 is 1.77 bits per heavy atom. The minimum Gasteiger partial charge on any atom is -0.493 e. The molecule has 1 N–H and O–H groups in total. The van der Waals surface area contributed by atoms with Crippen molar-refractivity contribution in [2.24, 2.45) is 0 Å². The molecule has 4 rings (SSSR count). The van der Waals surface area contributed by atoms with Crippen LogP contribution in [-0.2, 0) is 20.7 Å². The van der Waals surface area contributed by atoms with E-state index in [9.17, 15) is 9.59 Å². The van der Waals surface area contributed by atoms with Crippen LogP contribution in [0.1, 0.15) is 24.2 Å². The Balaban J connectivity index is 1.31. The Morgan fingerprint density at radius 3 is 2.57 bits per heavy atom. The molecule has 35 heavy (non-hydrogen) atoms. The maximum atomic E-state index is 12.4. The average molecular weight is 491 g/mol. The molecule has 8 heteroatoms. The summed E-state index contributed by atoms with van der Waals surface area (Å²) < 4.78 is 15.8. The number of esters is 1. The standard InChI is InChI=1S/C27H26N2O5S/c1-17(21-10-6-8-18-7-4-5-9-22(18)21)28-25(30)15-34-26(31)14-20-16-35-27(29-20)19-11-12-23(32-2)24(13-19)33-3/h4-13,16-17H,14-15H2,1-3H3,(H,28,30). The number of nitrogens with zero attached hydrogens (tertiary/aromatic N) is 1. The number of aromatic nitrogens is 1. The van der Waals surface area contributed by atoms with E-state index in [1.807, 2.05) is 61.5 Å². The lowest BCUT2D eigenvalue weighted by Gasteiger charge is -2.16. The normalized spacial score (nSPS) is 11.6. The maximum Gasteiger partial charge on any atom is 0.312 e. The Labute approximate surface area is 207 Å². The van der Waals surface area contributed by atoms with E-state index in [0.29, 0.717) is 17.2 Å². The Bertz CT molecular complexity index is 1350. The third kappa shape index (κ3) is 5.78. The van der Waals surface area contributed by atoms with Crippen LogP contribution in [-0.4, -0.2) is 37.7 Å². The number of thiazole rings is 1. The molecule has 3 aromatic carbocycles. The lowest BCUT2D eigenvalue weighted by molar-refractivity contribution is -0.148. The van der Waals surface area contributed by atoms with Crippen LogP contribution in [0, 0.1) is 0 Å². The van der Waals surface area contributed by atoms with Crippen molar-refractivity contribution < 1.29 is 23.8 Å². The first-order chi connectivity index (χ1) is 17.0. The van der Waals surface area contributed by atoms with Crippen molar-refractivity contribution in [1.29, 1.82) is 0 Å². The average Bonchev–Trinajstić information content (AvgIpc) is 3.35. The number of rotatable bonds is 9. The lowest BCUT2D eigenvalue weighted by atomic mass is 10.00. The largest absolute Gasteiger partial charge is 0.493 e. The quantitative estimate of drug-likeness (QED) is 0.334. The first-order valence-electron chi connectivity index (χ1n) is 11.1. The van der Waals surface area contributed by atoms with Crippen LogP contribution < -0.4 is 14.8 Å². The van der Waals surface area contributed by atoms with Crippen molar-refractivity contribution in [3.63, 3.8) is 0 Å². The predicted molar refractivity (Wildman–Crippen MR) is 136 cm³/mol. The topological polar surface area (TPSA) is 86.8 Å². The van der Waals surface area contributed by atoms with E-state index >= 15 is 0 Å². The number of nitrogens with one attached hydrogen (secondary N) is 1. The molecule has 180 valence electrons. The van der Waals surface area contributed by atoms with Gasteiger partial charge in [-0.25, -0.2) is 4.98 Å². The van der Waals surface area contributed by atoms with Gasteiger partial charge in [-0.15, -0.1) is 11.3 Å². The number of amides is 1. The summed E-state index contributed by atoms with van der Waals surface area (Å²) in [5.41, 5.74) is 2.44. The molecule has 0 bridgehead atoms. The van der Waals surface area contributed by atoms with Gasteiger partial charge in [0.25, 0.3) is 5.91 Å². The molecule has 1 heterocycles. The van der Waals surface area contributed by atoms with E-state index in [-0.39, 0.29) is 25.0 Å². The van der Waals surface area contributed by atoms with Crippen molar-refractivity contribution in [1.82, 2.24) is 10.3 Å². The number of benzene rings is 3. The van der Waals surface area contributed by atoms with Crippen LogP contribution in [0.15, 0.2) is 66.0 Å². The number of hydrogen-bond acceptors (Lipinski definition) is 7. The summed E-state index contributed by atoms with van der Waals surface area (Å²) >= 11 is 1.41. The van der Waals surface area contributed by atoms with Crippen molar-refractivity contribution in [3.8, 4) is 22.1 Å². The number of hydrogen-bond donors (Lipinski definition) is 1. The molecule has 1 unspecified atom stereocenters. The number of carbonyl (C=O) groups is 2. The third-order valence-electron chi connectivity index (χ3n) is 5.54. The molecule has 0 aliphatic heterocycles. The third-order valence-corrected chi connectivity index (χ3v) is 6.48. The van der Waals surface area contributed by atoms with Gasteiger partial charge >= 0.3 is 5.97 Å². The van der Waals surface area contributed by atoms with E-state index in [1.54, 1.807) is 25.7 Å². The molecule has 1 aromatic heterocycles. The smallest absolute Gasteiger partial charge is 0.312 e. The monoisotopic (exact) mass is 490 g/mol. The number of methoxy groups -OCH3 is 2. The first-order valence-corrected chi connectivity index (χ1v) is 12.0. The first kappa shape index (κ1) is 24.2. The van der Waals surface area contributed by atoms with Gasteiger partial charge in [0, 0.05) is 10.9 Å². The van der Waals surface area contributed by atoms with Crippen LogP contribution in [0.25, 0.3) is 21.3 Å². The van der Waals surface area contributed by atoms with Crippen LogP contribution in [0.4, 0.5) is 0 Å². The summed E-state index contributed by atoms with van der Waals surface area (Å²) in [7, 11) is 3.15. The van der Waals surface area contributed by atoms with Crippen molar-refractivity contribution >= 4 is 34.0 Å². The van der Waals surface area contributed by atoms with Gasteiger partial charge < -0.3 is 19.5 Å². The minimum atomic E-state index is -0.512. The van der Waals surface area contributed by atoms with Gasteiger partial charge in [-0.3, -0.25) is 9.59 Å². The number of ether oxygens (including phenoxy) is 3. The fourth-order valence-electron chi connectivity index (χ4n) is 3.82.